The molecule has 0 bridgehead atoms. The van der Waals surface area contributed by atoms with Gasteiger partial charge in [-0.3, -0.25) is 4.79 Å². The van der Waals surface area contributed by atoms with Crippen LogP contribution in [0.25, 0.3) is 10.9 Å². The molecule has 1 aromatic carbocycles. The van der Waals surface area contributed by atoms with Gasteiger partial charge in [0.25, 0.3) is 5.91 Å². The van der Waals surface area contributed by atoms with Gasteiger partial charge in [0.1, 0.15) is 12.1 Å². The molecule has 3 heterocycles. The van der Waals surface area contributed by atoms with Crippen molar-refractivity contribution in [3.63, 3.8) is 0 Å². The lowest BCUT2D eigenvalue weighted by molar-refractivity contribution is 0.0711. The predicted octanol–water partition coefficient (Wildman–Crippen LogP) is 1.40. The van der Waals surface area contributed by atoms with Crippen molar-refractivity contribution in [3.8, 4) is 0 Å². The highest BCUT2D eigenvalue weighted by molar-refractivity contribution is 5.99. The van der Waals surface area contributed by atoms with Gasteiger partial charge in [0.15, 0.2) is 5.82 Å². The summed E-state index contributed by atoms with van der Waals surface area (Å²) in [4.78, 5) is 27.6. The lowest BCUT2D eigenvalue weighted by Crippen LogP contribution is -2.38. The average molecular weight is 366 g/mol. The van der Waals surface area contributed by atoms with Gasteiger partial charge in [0, 0.05) is 44.1 Å². The molecule has 140 valence electrons. The Kier molecular flexibility index (Phi) is 4.35. The number of anilines is 2. The van der Waals surface area contributed by atoms with Gasteiger partial charge in [-0.15, -0.1) is 0 Å². The largest absolute Gasteiger partial charge is 0.373 e. The number of piperidine rings is 1. The summed E-state index contributed by atoms with van der Waals surface area (Å²) in [7, 11) is 3.60. The van der Waals surface area contributed by atoms with E-state index in [1.165, 1.54) is 6.33 Å². The molecule has 0 spiro atoms. The number of carbonyl (C=O) groups excluding carboxylic acids is 1. The van der Waals surface area contributed by atoms with E-state index in [-0.39, 0.29) is 11.8 Å². The third-order valence-corrected chi connectivity index (χ3v) is 5.08. The van der Waals surface area contributed by atoms with Gasteiger partial charge in [-0.05, 0) is 31.0 Å². The van der Waals surface area contributed by atoms with E-state index in [0.29, 0.717) is 24.6 Å². The first-order chi connectivity index (χ1) is 13.1. The number of benzene rings is 1. The maximum atomic E-state index is 12.9. The first kappa shape index (κ1) is 17.2. The summed E-state index contributed by atoms with van der Waals surface area (Å²) in [5, 5.41) is 8.31. The molecule has 4 rings (SSSR count). The molecule has 27 heavy (non-hydrogen) atoms. The van der Waals surface area contributed by atoms with Crippen LogP contribution in [0.4, 0.5) is 11.8 Å². The quantitative estimate of drug-likeness (QED) is 0.720. The van der Waals surface area contributed by atoms with Crippen LogP contribution in [0, 0.1) is 0 Å². The molecule has 0 radical (unpaired) electrons. The Morgan fingerprint density at radius 1 is 1.26 bits per heavy atom. The summed E-state index contributed by atoms with van der Waals surface area (Å²) in [5.41, 5.74) is 7.17. The zero-order chi connectivity index (χ0) is 19.0. The molecule has 1 saturated heterocycles. The summed E-state index contributed by atoms with van der Waals surface area (Å²) < 4.78 is 1.59. The topological polar surface area (TPSA) is 115 Å². The number of nitrogens with zero attached hydrogens (tertiary/aromatic N) is 6. The van der Waals surface area contributed by atoms with E-state index in [1.807, 2.05) is 30.1 Å². The Hall–Kier alpha value is -3.23. The number of aromatic nitrogens is 5. The molecular weight excluding hydrogens is 344 g/mol. The van der Waals surface area contributed by atoms with Gasteiger partial charge in [-0.25, -0.2) is 14.6 Å². The Balaban J connectivity index is 1.48. The van der Waals surface area contributed by atoms with Crippen LogP contribution in [-0.2, 0) is 7.05 Å². The van der Waals surface area contributed by atoms with E-state index in [4.69, 9.17) is 5.73 Å². The van der Waals surface area contributed by atoms with Crippen molar-refractivity contribution in [2.75, 3.05) is 31.2 Å². The fourth-order valence-electron chi connectivity index (χ4n) is 3.50. The number of likely N-dealkylation sites (tertiary alicyclic amines) is 1. The van der Waals surface area contributed by atoms with E-state index >= 15 is 0 Å². The van der Waals surface area contributed by atoms with Crippen LogP contribution in [0.5, 0.6) is 0 Å². The molecule has 1 aliphatic rings. The second-order valence-electron chi connectivity index (χ2n) is 6.72. The molecule has 0 atom stereocenters. The monoisotopic (exact) mass is 366 g/mol. The van der Waals surface area contributed by atoms with Crippen molar-refractivity contribution in [1.29, 1.82) is 0 Å². The molecule has 1 fully saturated rings. The number of nitrogen functional groups attached to an aromatic ring is 1. The number of nitrogens with one attached hydrogen (secondary N) is 1. The van der Waals surface area contributed by atoms with E-state index in [9.17, 15) is 4.79 Å². The van der Waals surface area contributed by atoms with Crippen molar-refractivity contribution in [1.82, 2.24) is 29.6 Å². The second kappa shape index (κ2) is 6.82. The third-order valence-electron chi connectivity index (χ3n) is 5.08. The Morgan fingerprint density at radius 2 is 2.04 bits per heavy atom. The Morgan fingerprint density at radius 3 is 2.70 bits per heavy atom. The zero-order valence-electron chi connectivity index (χ0n) is 15.4. The van der Waals surface area contributed by atoms with Crippen LogP contribution in [0.1, 0.15) is 34.9 Å². The minimum Gasteiger partial charge on any atom is -0.373 e. The van der Waals surface area contributed by atoms with Crippen LogP contribution < -0.4 is 11.1 Å². The van der Waals surface area contributed by atoms with Crippen molar-refractivity contribution in [2.45, 2.75) is 18.8 Å². The molecule has 1 amide bonds. The molecular formula is C18H22N8O. The lowest BCUT2D eigenvalue weighted by Gasteiger charge is -2.30. The predicted molar refractivity (Wildman–Crippen MR) is 102 cm³/mol. The minimum atomic E-state index is 0.0217. The lowest BCUT2D eigenvalue weighted by atomic mass is 9.95. The molecule has 0 saturated carbocycles. The Bertz CT molecular complexity index is 971. The smallest absolute Gasteiger partial charge is 0.253 e. The van der Waals surface area contributed by atoms with Gasteiger partial charge < -0.3 is 16.0 Å². The highest BCUT2D eigenvalue weighted by atomic mass is 16.2. The summed E-state index contributed by atoms with van der Waals surface area (Å²) >= 11 is 0. The van der Waals surface area contributed by atoms with E-state index in [0.717, 1.165) is 35.4 Å². The fourth-order valence-corrected chi connectivity index (χ4v) is 3.50. The maximum Gasteiger partial charge on any atom is 0.253 e. The van der Waals surface area contributed by atoms with Crippen LogP contribution in [0.2, 0.25) is 0 Å². The van der Waals surface area contributed by atoms with Gasteiger partial charge in [0.05, 0.1) is 5.52 Å². The minimum absolute atomic E-state index is 0.0217. The fraction of sp³-hybridized carbons (Fsp3) is 0.389. The number of rotatable bonds is 3. The van der Waals surface area contributed by atoms with Gasteiger partial charge in [0.2, 0.25) is 5.95 Å². The summed E-state index contributed by atoms with van der Waals surface area (Å²) in [5.74, 6) is 2.20. The van der Waals surface area contributed by atoms with Gasteiger partial charge in [-0.1, -0.05) is 0 Å². The van der Waals surface area contributed by atoms with Crippen LogP contribution in [0.15, 0.2) is 24.5 Å². The van der Waals surface area contributed by atoms with Crippen LogP contribution >= 0.6 is 0 Å². The van der Waals surface area contributed by atoms with Crippen LogP contribution in [0.3, 0.4) is 0 Å². The number of hydrogen-bond acceptors (Lipinski definition) is 7. The van der Waals surface area contributed by atoms with Crippen molar-refractivity contribution < 1.29 is 4.79 Å². The van der Waals surface area contributed by atoms with Crippen LogP contribution in [-0.4, -0.2) is 55.7 Å². The van der Waals surface area contributed by atoms with Gasteiger partial charge in [-0.2, -0.15) is 10.1 Å². The van der Waals surface area contributed by atoms with Crippen molar-refractivity contribution in [3.05, 3.63) is 35.9 Å². The third kappa shape index (κ3) is 3.16. The number of carbonyl (C=O) groups is 1. The number of amides is 1. The number of aryl methyl sites for hydroxylation is 1. The van der Waals surface area contributed by atoms with Gasteiger partial charge >= 0.3 is 0 Å². The Labute approximate surface area is 156 Å². The normalized spacial score (nSPS) is 15.3. The zero-order valence-corrected chi connectivity index (χ0v) is 15.4. The molecule has 0 unspecified atom stereocenters. The first-order valence-electron chi connectivity index (χ1n) is 8.95. The summed E-state index contributed by atoms with van der Waals surface area (Å²) in [6.07, 6.45) is 3.16. The number of fused-ring (bicyclic) bond motifs is 1. The number of nitrogens with two attached hydrogens (primary N) is 1. The van der Waals surface area contributed by atoms with E-state index in [1.54, 1.807) is 11.7 Å². The van der Waals surface area contributed by atoms with Crippen molar-refractivity contribution in [2.24, 2.45) is 7.05 Å². The highest BCUT2D eigenvalue weighted by Gasteiger charge is 2.27. The molecule has 1 aliphatic heterocycles. The molecule has 3 aromatic rings. The average Bonchev–Trinajstić information content (AvgIpc) is 3.05. The SMILES string of the molecule is CNc1ncnc2cc(C(=O)N3CCC(c4nc(N)n(C)n4)CC3)ccc12. The first-order valence-corrected chi connectivity index (χ1v) is 8.95. The highest BCUT2D eigenvalue weighted by Crippen LogP contribution is 2.27. The molecule has 9 nitrogen and oxygen atoms in total. The number of hydrogen-bond donors (Lipinski definition) is 2. The molecule has 0 aliphatic carbocycles. The van der Waals surface area contributed by atoms with E-state index < -0.39 is 0 Å². The molecule has 3 N–H and O–H groups in total. The summed E-state index contributed by atoms with van der Waals surface area (Å²) in [6.45, 7) is 1.34. The van der Waals surface area contributed by atoms with E-state index in [2.05, 4.69) is 25.4 Å². The molecule has 2 aromatic heterocycles. The maximum absolute atomic E-state index is 12.9. The second-order valence-corrected chi connectivity index (χ2v) is 6.72. The molecule has 9 heteroatoms. The standard InChI is InChI=1S/C18H22N8O/c1-20-16-13-4-3-12(9-14(13)21-10-22-16)17(27)26-7-5-11(6-8-26)15-23-18(19)25(2)24-15/h3-4,9-11H,5-8H2,1-2H3,(H2,19,23,24)(H,20,21,22). The van der Waals surface area contributed by atoms with Crippen molar-refractivity contribution >= 4 is 28.6 Å². The summed E-state index contributed by atoms with van der Waals surface area (Å²) in [6, 6.07) is 5.55.